The highest BCUT2D eigenvalue weighted by Crippen LogP contribution is 2.20. The quantitative estimate of drug-likeness (QED) is 0.765. The Labute approximate surface area is 110 Å². The van der Waals surface area contributed by atoms with E-state index in [-0.39, 0.29) is 18.1 Å². The Morgan fingerprint density at radius 2 is 1.89 bits per heavy atom. The predicted molar refractivity (Wildman–Crippen MR) is 71.5 cm³/mol. The molecule has 0 N–H and O–H groups in total. The first-order valence-corrected chi connectivity index (χ1v) is 7.11. The van der Waals surface area contributed by atoms with Gasteiger partial charge in [0.1, 0.15) is 6.61 Å². The van der Waals surface area contributed by atoms with Crippen LogP contribution in [-0.2, 0) is 9.53 Å². The molecule has 1 unspecified atom stereocenters. The van der Waals surface area contributed by atoms with Crippen molar-refractivity contribution in [1.29, 1.82) is 0 Å². The van der Waals surface area contributed by atoms with Crippen molar-refractivity contribution in [3.8, 4) is 0 Å². The van der Waals surface area contributed by atoms with Gasteiger partial charge in [0.15, 0.2) is 0 Å². The lowest BCUT2D eigenvalue weighted by atomic mass is 10.2. The first kappa shape index (κ1) is 13.8. The Kier molecular flexibility index (Phi) is 4.28. The van der Waals surface area contributed by atoms with E-state index in [1.54, 1.807) is 0 Å². The van der Waals surface area contributed by atoms with E-state index in [4.69, 9.17) is 4.74 Å². The third kappa shape index (κ3) is 3.69. The maximum Gasteiger partial charge on any atom is 0.248 e. The monoisotopic (exact) mass is 254 g/mol. The largest absolute Gasteiger partial charge is 0.366 e. The Hall–Kier alpha value is -0.610. The van der Waals surface area contributed by atoms with E-state index < -0.39 is 0 Å². The van der Waals surface area contributed by atoms with Gasteiger partial charge in [-0.05, 0) is 53.1 Å². The van der Waals surface area contributed by atoms with Crippen LogP contribution in [0, 0.1) is 0 Å². The number of ether oxygens (including phenoxy) is 1. The summed E-state index contributed by atoms with van der Waals surface area (Å²) in [6, 6.07) is 0.589. The number of hydrogen-bond acceptors (Lipinski definition) is 3. The second kappa shape index (κ2) is 5.57. The third-order valence-corrected chi connectivity index (χ3v) is 3.80. The summed E-state index contributed by atoms with van der Waals surface area (Å²) in [5, 5.41) is 0. The zero-order valence-corrected chi connectivity index (χ0v) is 11.9. The molecule has 2 rings (SSSR count). The molecule has 4 heteroatoms. The fraction of sp³-hybridized carbons (Fsp3) is 0.929. The minimum atomic E-state index is -0.232. The number of rotatable bonds is 3. The van der Waals surface area contributed by atoms with E-state index in [9.17, 15) is 4.79 Å². The van der Waals surface area contributed by atoms with Gasteiger partial charge in [-0.1, -0.05) is 0 Å². The van der Waals surface area contributed by atoms with E-state index in [0.717, 1.165) is 19.5 Å². The number of hydrogen-bond donors (Lipinski definition) is 0. The molecule has 2 heterocycles. The topological polar surface area (TPSA) is 32.8 Å². The van der Waals surface area contributed by atoms with Crippen LogP contribution in [0.1, 0.15) is 40.0 Å². The molecule has 0 aromatic heterocycles. The van der Waals surface area contributed by atoms with Gasteiger partial charge in [-0.15, -0.1) is 0 Å². The van der Waals surface area contributed by atoms with Gasteiger partial charge >= 0.3 is 0 Å². The molecule has 1 atom stereocenters. The van der Waals surface area contributed by atoms with Crippen molar-refractivity contribution in [1.82, 2.24) is 9.80 Å². The van der Waals surface area contributed by atoms with Crippen LogP contribution in [0.15, 0.2) is 0 Å². The van der Waals surface area contributed by atoms with Crippen LogP contribution in [0.2, 0.25) is 0 Å². The van der Waals surface area contributed by atoms with Crippen LogP contribution in [0.3, 0.4) is 0 Å². The lowest BCUT2D eigenvalue weighted by Gasteiger charge is -2.25. The van der Waals surface area contributed by atoms with Crippen molar-refractivity contribution in [2.75, 3.05) is 32.8 Å². The molecule has 2 saturated heterocycles. The highest BCUT2D eigenvalue weighted by Gasteiger charge is 2.31. The molecule has 2 aliphatic heterocycles. The summed E-state index contributed by atoms with van der Waals surface area (Å²) in [4.78, 5) is 16.5. The van der Waals surface area contributed by atoms with Crippen LogP contribution in [0.25, 0.3) is 0 Å². The number of likely N-dealkylation sites (tertiary alicyclic amines) is 2. The van der Waals surface area contributed by atoms with Gasteiger partial charge in [-0.25, -0.2) is 0 Å². The predicted octanol–water partition coefficient (Wildman–Crippen LogP) is 1.50. The van der Waals surface area contributed by atoms with Crippen LogP contribution in [-0.4, -0.2) is 60.1 Å². The van der Waals surface area contributed by atoms with E-state index in [0.29, 0.717) is 6.04 Å². The van der Waals surface area contributed by atoms with Gasteiger partial charge in [0.25, 0.3) is 0 Å². The number of nitrogens with zero attached hydrogens (tertiary/aromatic N) is 2. The van der Waals surface area contributed by atoms with Crippen LogP contribution < -0.4 is 0 Å². The lowest BCUT2D eigenvalue weighted by molar-refractivity contribution is -0.140. The second-order valence-corrected chi connectivity index (χ2v) is 6.43. The Morgan fingerprint density at radius 1 is 1.22 bits per heavy atom. The fourth-order valence-electron chi connectivity index (χ4n) is 2.74. The van der Waals surface area contributed by atoms with Crippen molar-refractivity contribution in [2.45, 2.75) is 51.7 Å². The first-order valence-electron chi connectivity index (χ1n) is 7.11. The first-order chi connectivity index (χ1) is 8.46. The summed E-state index contributed by atoms with van der Waals surface area (Å²) < 4.78 is 5.56. The van der Waals surface area contributed by atoms with Crippen LogP contribution in [0.4, 0.5) is 0 Å². The summed E-state index contributed by atoms with van der Waals surface area (Å²) in [7, 11) is 0. The Balaban J connectivity index is 1.75. The summed E-state index contributed by atoms with van der Waals surface area (Å²) in [5.41, 5.74) is -0.232. The molecule has 0 aliphatic carbocycles. The van der Waals surface area contributed by atoms with Gasteiger partial charge < -0.3 is 9.64 Å². The second-order valence-electron chi connectivity index (χ2n) is 6.43. The molecule has 104 valence electrons. The number of amides is 1. The van der Waals surface area contributed by atoms with Crippen molar-refractivity contribution in [2.24, 2.45) is 0 Å². The van der Waals surface area contributed by atoms with Crippen molar-refractivity contribution in [3.63, 3.8) is 0 Å². The Bertz CT molecular complexity index is 293. The van der Waals surface area contributed by atoms with Gasteiger partial charge in [-0.2, -0.15) is 0 Å². The van der Waals surface area contributed by atoms with Crippen molar-refractivity contribution >= 4 is 5.91 Å². The van der Waals surface area contributed by atoms with Crippen LogP contribution in [0.5, 0.6) is 0 Å². The van der Waals surface area contributed by atoms with Gasteiger partial charge in [0.05, 0.1) is 5.60 Å². The maximum atomic E-state index is 12.0. The highest BCUT2D eigenvalue weighted by atomic mass is 16.5. The van der Waals surface area contributed by atoms with Crippen molar-refractivity contribution in [3.05, 3.63) is 0 Å². The van der Waals surface area contributed by atoms with E-state index >= 15 is 0 Å². The van der Waals surface area contributed by atoms with Gasteiger partial charge in [0.2, 0.25) is 5.91 Å². The summed E-state index contributed by atoms with van der Waals surface area (Å²) in [6.45, 7) is 10.4. The molecule has 18 heavy (non-hydrogen) atoms. The van der Waals surface area contributed by atoms with E-state index in [1.807, 2.05) is 25.7 Å². The molecule has 0 spiro atoms. The van der Waals surface area contributed by atoms with Crippen LogP contribution >= 0.6 is 0 Å². The zero-order valence-electron chi connectivity index (χ0n) is 11.9. The third-order valence-electron chi connectivity index (χ3n) is 3.80. The average Bonchev–Trinajstić information content (AvgIpc) is 2.94. The zero-order chi connectivity index (χ0) is 13.2. The molecule has 0 aromatic rings. The summed E-state index contributed by atoms with van der Waals surface area (Å²) in [5.74, 6) is 0.145. The molecule has 0 saturated carbocycles. The molecular formula is C14H26N2O2. The molecule has 0 bridgehead atoms. The minimum absolute atomic E-state index is 0.145. The summed E-state index contributed by atoms with van der Waals surface area (Å²) >= 11 is 0. The molecule has 2 fully saturated rings. The molecule has 0 aromatic carbocycles. The fourth-order valence-corrected chi connectivity index (χ4v) is 2.74. The van der Waals surface area contributed by atoms with Gasteiger partial charge in [-0.3, -0.25) is 9.69 Å². The lowest BCUT2D eigenvalue weighted by Crippen LogP contribution is -2.39. The molecular weight excluding hydrogens is 228 g/mol. The maximum absolute atomic E-state index is 12.0. The highest BCUT2D eigenvalue weighted by molar-refractivity contribution is 5.77. The summed E-state index contributed by atoms with van der Waals surface area (Å²) in [6.07, 6.45) is 3.76. The molecule has 1 amide bonds. The standard InChI is InChI=1S/C14H26N2O2/c1-14(2,3)18-11-13(17)16-9-6-12(10-16)15-7-4-5-8-15/h12H,4-11H2,1-3H3. The minimum Gasteiger partial charge on any atom is -0.366 e. The van der Waals surface area contributed by atoms with E-state index in [2.05, 4.69) is 4.90 Å². The molecule has 0 radical (unpaired) electrons. The van der Waals surface area contributed by atoms with Crippen molar-refractivity contribution < 1.29 is 9.53 Å². The normalized spacial score (nSPS) is 25.9. The van der Waals surface area contributed by atoms with E-state index in [1.165, 1.54) is 25.9 Å². The SMILES string of the molecule is CC(C)(C)OCC(=O)N1CCC(N2CCCC2)C1. The number of carbonyl (C=O) groups excluding carboxylic acids is 1. The Morgan fingerprint density at radius 3 is 2.50 bits per heavy atom. The molecule has 4 nitrogen and oxygen atoms in total. The average molecular weight is 254 g/mol. The van der Waals surface area contributed by atoms with Gasteiger partial charge in [0, 0.05) is 19.1 Å². The molecule has 2 aliphatic rings. The number of carbonyl (C=O) groups is 1. The smallest absolute Gasteiger partial charge is 0.248 e.